The van der Waals surface area contributed by atoms with Gasteiger partial charge in [0.25, 0.3) is 0 Å². The second kappa shape index (κ2) is 7.22. The van der Waals surface area contributed by atoms with Crippen LogP contribution >= 0.6 is 0 Å². The molecule has 9 nitrogen and oxygen atoms in total. The Balaban J connectivity index is 2.73. The molecule has 0 amide bonds. The van der Waals surface area contributed by atoms with Gasteiger partial charge in [0.15, 0.2) is 12.6 Å². The van der Waals surface area contributed by atoms with Crippen molar-refractivity contribution >= 4 is 6.29 Å². The molecule has 0 aromatic heterocycles. The molecule has 0 aromatic rings. The maximum atomic E-state index is 10.7. The van der Waals surface area contributed by atoms with Crippen molar-refractivity contribution in [2.75, 3.05) is 13.2 Å². The van der Waals surface area contributed by atoms with Gasteiger partial charge in [-0.3, -0.25) is 0 Å². The van der Waals surface area contributed by atoms with Crippen LogP contribution < -0.4 is 0 Å². The number of hydrogen-bond acceptors (Lipinski definition) is 9. The molecule has 0 radical (unpaired) electrons. The summed E-state index contributed by atoms with van der Waals surface area (Å²) >= 11 is 0. The highest BCUT2D eigenvalue weighted by Gasteiger charge is 2.45. The fourth-order valence-electron chi connectivity index (χ4n) is 1.65. The van der Waals surface area contributed by atoms with Gasteiger partial charge in [0.05, 0.1) is 13.2 Å². The molecule has 19 heavy (non-hydrogen) atoms. The van der Waals surface area contributed by atoms with Crippen LogP contribution in [0, 0.1) is 0 Å². The standard InChI is InChI=1S/C10H18O9/c11-1-4(14)5(2-12)18-10-9(17)8(16)7(15)6(3-13)19-10/h2,4-11,13-17H,1,3H2. The zero-order valence-corrected chi connectivity index (χ0v) is 9.94. The minimum Gasteiger partial charge on any atom is -0.394 e. The van der Waals surface area contributed by atoms with E-state index >= 15 is 0 Å². The lowest BCUT2D eigenvalue weighted by Gasteiger charge is -2.40. The molecule has 1 saturated heterocycles. The molecule has 0 aromatic carbocycles. The first-order valence-corrected chi connectivity index (χ1v) is 5.66. The van der Waals surface area contributed by atoms with Crippen LogP contribution in [0.15, 0.2) is 0 Å². The minimum atomic E-state index is -1.67. The molecule has 1 aliphatic rings. The Morgan fingerprint density at radius 2 is 1.79 bits per heavy atom. The molecule has 0 saturated carbocycles. The maximum Gasteiger partial charge on any atom is 0.187 e. The van der Waals surface area contributed by atoms with Crippen molar-refractivity contribution in [1.82, 2.24) is 0 Å². The minimum absolute atomic E-state index is 0.197. The highest BCUT2D eigenvalue weighted by atomic mass is 16.7. The Kier molecular flexibility index (Phi) is 6.23. The number of rotatable bonds is 6. The second-order valence-corrected chi connectivity index (χ2v) is 4.18. The third kappa shape index (κ3) is 3.68. The van der Waals surface area contributed by atoms with Crippen molar-refractivity contribution in [1.29, 1.82) is 0 Å². The van der Waals surface area contributed by atoms with E-state index in [2.05, 4.69) is 0 Å². The molecule has 1 heterocycles. The van der Waals surface area contributed by atoms with Crippen LogP contribution in [-0.4, -0.2) is 93.1 Å². The van der Waals surface area contributed by atoms with Gasteiger partial charge >= 0.3 is 0 Å². The van der Waals surface area contributed by atoms with E-state index in [4.69, 9.17) is 19.7 Å². The first-order valence-electron chi connectivity index (χ1n) is 5.66. The summed E-state index contributed by atoms with van der Waals surface area (Å²) in [6.07, 6.45) is -10.4. The van der Waals surface area contributed by atoms with E-state index in [0.717, 1.165) is 0 Å². The number of aliphatic hydroxyl groups is 6. The van der Waals surface area contributed by atoms with E-state index in [9.17, 15) is 25.2 Å². The first kappa shape index (κ1) is 16.4. The SMILES string of the molecule is O=CC(OC1OC(CO)C(O)C(O)C1O)C(O)CO. The number of aliphatic hydroxyl groups excluding tert-OH is 6. The Bertz CT molecular complexity index is 284. The Morgan fingerprint density at radius 1 is 1.16 bits per heavy atom. The van der Waals surface area contributed by atoms with Crippen LogP contribution in [0.25, 0.3) is 0 Å². The quantitative estimate of drug-likeness (QED) is 0.265. The van der Waals surface area contributed by atoms with Gasteiger partial charge in [-0.15, -0.1) is 0 Å². The Labute approximate surface area is 108 Å². The Hall–Kier alpha value is -0.650. The molecule has 7 unspecified atom stereocenters. The summed E-state index contributed by atoms with van der Waals surface area (Å²) in [5.41, 5.74) is 0. The van der Waals surface area contributed by atoms with Crippen molar-refractivity contribution in [2.45, 2.75) is 42.9 Å². The van der Waals surface area contributed by atoms with Crippen molar-refractivity contribution in [3.8, 4) is 0 Å². The van der Waals surface area contributed by atoms with E-state index in [1.165, 1.54) is 0 Å². The zero-order valence-electron chi connectivity index (χ0n) is 9.94. The predicted octanol–water partition coefficient (Wildman–Crippen LogP) is -4.28. The van der Waals surface area contributed by atoms with Gasteiger partial charge in [-0.1, -0.05) is 0 Å². The van der Waals surface area contributed by atoms with Crippen LogP contribution in [0.1, 0.15) is 0 Å². The van der Waals surface area contributed by atoms with Gasteiger partial charge in [-0.25, -0.2) is 0 Å². The molecule has 1 aliphatic heterocycles. The van der Waals surface area contributed by atoms with Crippen molar-refractivity contribution in [3.63, 3.8) is 0 Å². The molecular weight excluding hydrogens is 264 g/mol. The smallest absolute Gasteiger partial charge is 0.187 e. The van der Waals surface area contributed by atoms with Crippen LogP contribution in [0.5, 0.6) is 0 Å². The third-order valence-corrected chi connectivity index (χ3v) is 2.84. The normalized spacial score (nSPS) is 38.7. The summed E-state index contributed by atoms with van der Waals surface area (Å²) in [5, 5.41) is 55.5. The number of ether oxygens (including phenoxy) is 2. The van der Waals surface area contributed by atoms with Gasteiger partial charge in [0, 0.05) is 0 Å². The van der Waals surface area contributed by atoms with Gasteiger partial charge in [0.2, 0.25) is 0 Å². The number of carbonyl (C=O) groups excluding carboxylic acids is 1. The van der Waals surface area contributed by atoms with E-state index in [1.54, 1.807) is 0 Å². The lowest BCUT2D eigenvalue weighted by molar-refractivity contribution is -0.312. The van der Waals surface area contributed by atoms with E-state index < -0.39 is 56.1 Å². The van der Waals surface area contributed by atoms with E-state index in [1.807, 2.05) is 0 Å². The molecule has 0 bridgehead atoms. The summed E-state index contributed by atoms with van der Waals surface area (Å²) in [5.74, 6) is 0. The Morgan fingerprint density at radius 3 is 2.26 bits per heavy atom. The summed E-state index contributed by atoms with van der Waals surface area (Å²) in [7, 11) is 0. The molecular formula is C10H18O9. The van der Waals surface area contributed by atoms with Crippen LogP contribution in [-0.2, 0) is 14.3 Å². The predicted molar refractivity (Wildman–Crippen MR) is 57.8 cm³/mol. The van der Waals surface area contributed by atoms with Gasteiger partial charge < -0.3 is 44.9 Å². The monoisotopic (exact) mass is 282 g/mol. The lowest BCUT2D eigenvalue weighted by Crippen LogP contribution is -2.60. The topological polar surface area (TPSA) is 157 Å². The number of carbonyl (C=O) groups is 1. The first-order chi connectivity index (χ1) is 8.96. The van der Waals surface area contributed by atoms with Crippen LogP contribution in [0.4, 0.5) is 0 Å². The average Bonchev–Trinajstić information content (AvgIpc) is 2.43. The molecule has 6 N–H and O–H groups in total. The zero-order chi connectivity index (χ0) is 14.6. The lowest BCUT2D eigenvalue weighted by atomic mass is 9.99. The fraction of sp³-hybridized carbons (Fsp3) is 0.900. The molecule has 7 atom stereocenters. The van der Waals surface area contributed by atoms with Gasteiger partial charge in [0.1, 0.15) is 36.6 Å². The molecule has 9 heteroatoms. The molecule has 1 rings (SSSR count). The van der Waals surface area contributed by atoms with E-state index in [-0.39, 0.29) is 6.29 Å². The summed E-state index contributed by atoms with van der Waals surface area (Å²) in [4.78, 5) is 10.7. The highest BCUT2D eigenvalue weighted by Crippen LogP contribution is 2.23. The molecule has 1 fully saturated rings. The molecule has 0 aliphatic carbocycles. The summed E-state index contributed by atoms with van der Waals surface area (Å²) < 4.78 is 9.90. The summed E-state index contributed by atoms with van der Waals surface area (Å²) in [6.45, 7) is -1.39. The van der Waals surface area contributed by atoms with Crippen LogP contribution in [0.3, 0.4) is 0 Å². The van der Waals surface area contributed by atoms with Gasteiger partial charge in [-0.05, 0) is 0 Å². The second-order valence-electron chi connectivity index (χ2n) is 4.18. The van der Waals surface area contributed by atoms with Gasteiger partial charge in [-0.2, -0.15) is 0 Å². The summed E-state index contributed by atoms with van der Waals surface area (Å²) in [6, 6.07) is 0. The van der Waals surface area contributed by atoms with Crippen LogP contribution in [0.2, 0.25) is 0 Å². The highest BCUT2D eigenvalue weighted by molar-refractivity contribution is 5.57. The van der Waals surface area contributed by atoms with Crippen molar-refractivity contribution in [2.24, 2.45) is 0 Å². The number of hydrogen-bond donors (Lipinski definition) is 6. The average molecular weight is 282 g/mol. The number of aldehydes is 1. The van der Waals surface area contributed by atoms with Crippen molar-refractivity contribution < 1.29 is 44.9 Å². The fourth-order valence-corrected chi connectivity index (χ4v) is 1.65. The largest absolute Gasteiger partial charge is 0.394 e. The van der Waals surface area contributed by atoms with E-state index in [0.29, 0.717) is 0 Å². The molecule has 0 spiro atoms. The third-order valence-electron chi connectivity index (χ3n) is 2.84. The maximum absolute atomic E-state index is 10.7. The van der Waals surface area contributed by atoms with Crippen molar-refractivity contribution in [3.05, 3.63) is 0 Å². The molecule has 112 valence electrons.